The molecule has 1 fully saturated rings. The van der Waals surface area contributed by atoms with E-state index in [1.165, 1.54) is 12.3 Å². The van der Waals surface area contributed by atoms with E-state index in [1.54, 1.807) is 18.2 Å². The van der Waals surface area contributed by atoms with Gasteiger partial charge in [-0.1, -0.05) is 6.07 Å². The van der Waals surface area contributed by atoms with Crippen LogP contribution in [0.3, 0.4) is 0 Å². The average molecular weight is 479 g/mol. The molecule has 1 aliphatic rings. The van der Waals surface area contributed by atoms with Crippen LogP contribution < -0.4 is 10.6 Å². The van der Waals surface area contributed by atoms with Crippen LogP contribution in [-0.4, -0.2) is 76.7 Å². The lowest BCUT2D eigenvalue weighted by Gasteiger charge is -2.42. The van der Waals surface area contributed by atoms with E-state index in [0.29, 0.717) is 16.9 Å². The molecule has 3 N–H and O–H groups in total. The molecule has 10 radical (unpaired) electrons. The van der Waals surface area contributed by atoms with Gasteiger partial charge in [-0.15, -0.1) is 5.11 Å². The Morgan fingerprint density at radius 2 is 1.83 bits per heavy atom. The van der Waals surface area contributed by atoms with Crippen molar-refractivity contribution in [2.45, 2.75) is 48.7 Å². The first-order valence-corrected chi connectivity index (χ1v) is 11.1. The number of imidazole rings is 1. The van der Waals surface area contributed by atoms with E-state index < -0.39 is 22.3 Å². The second-order valence-electron chi connectivity index (χ2n) is 9.22. The van der Waals surface area contributed by atoms with Crippen molar-refractivity contribution < 1.29 is 18.4 Å². The van der Waals surface area contributed by atoms with Crippen molar-refractivity contribution in [2.24, 2.45) is 5.92 Å². The highest BCUT2D eigenvalue weighted by Crippen LogP contribution is 2.43. The van der Waals surface area contributed by atoms with Gasteiger partial charge in [-0.2, -0.15) is 5.10 Å². The van der Waals surface area contributed by atoms with Gasteiger partial charge in [0.15, 0.2) is 0 Å². The Hall–Kier alpha value is -2.98. The first-order valence-electron chi connectivity index (χ1n) is 11.1. The Kier molecular flexibility index (Phi) is 6.87. The highest BCUT2D eigenvalue weighted by Gasteiger charge is 2.45. The monoisotopic (exact) mass is 480 g/mol. The van der Waals surface area contributed by atoms with E-state index in [4.69, 9.17) is 39.2 Å². The van der Waals surface area contributed by atoms with Crippen LogP contribution >= 0.6 is 0 Å². The van der Waals surface area contributed by atoms with Crippen LogP contribution in [0.5, 0.6) is 0 Å². The second-order valence-corrected chi connectivity index (χ2v) is 9.22. The molecule has 1 aliphatic carbocycles. The number of halogens is 2. The molecular formula is C21H19B5F2N6O2. The van der Waals surface area contributed by atoms with Crippen molar-refractivity contribution in [1.29, 1.82) is 0 Å². The average Bonchev–Trinajstić information content (AvgIpc) is 3.41. The van der Waals surface area contributed by atoms with Gasteiger partial charge in [-0.25, -0.2) is 13.8 Å². The molecule has 4 rings (SSSR count). The molecule has 8 nitrogen and oxygen atoms in total. The van der Waals surface area contributed by atoms with Gasteiger partial charge < -0.3 is 15.6 Å². The summed E-state index contributed by atoms with van der Waals surface area (Å²) in [6.45, 7) is 0.287. The van der Waals surface area contributed by atoms with E-state index in [0.717, 1.165) is 10.2 Å². The molecule has 15 heteroatoms. The lowest BCUT2D eigenvalue weighted by atomic mass is 9.26. The van der Waals surface area contributed by atoms with Crippen LogP contribution in [-0.2, 0) is 23.2 Å². The molecular weight excluding hydrogens is 460 g/mol. The summed E-state index contributed by atoms with van der Waals surface area (Å²) in [5, 5.41) is 5.24. The number of amides is 2. The molecule has 0 spiro atoms. The number of H-pyrrole nitrogens is 1. The van der Waals surface area contributed by atoms with Gasteiger partial charge in [0.25, 0.3) is 5.91 Å². The molecule has 2 heterocycles. The van der Waals surface area contributed by atoms with Crippen LogP contribution in [0.1, 0.15) is 41.1 Å². The van der Waals surface area contributed by atoms with E-state index in [9.17, 15) is 18.4 Å². The molecule has 2 aromatic heterocycles. The van der Waals surface area contributed by atoms with Crippen molar-refractivity contribution in [3.8, 4) is 0 Å². The van der Waals surface area contributed by atoms with Crippen LogP contribution in [0, 0.1) is 5.92 Å². The van der Waals surface area contributed by atoms with Crippen molar-refractivity contribution in [2.75, 3.05) is 0 Å². The van der Waals surface area contributed by atoms with Crippen LogP contribution in [0.15, 0.2) is 30.5 Å². The number of fused-ring (bicyclic) bond motifs is 1. The lowest BCUT2D eigenvalue weighted by molar-refractivity contribution is -0.133. The molecule has 36 heavy (non-hydrogen) atoms. The Balaban J connectivity index is 1.34. The number of rotatable bonds is 9. The van der Waals surface area contributed by atoms with E-state index in [2.05, 4.69) is 25.7 Å². The van der Waals surface area contributed by atoms with Crippen LogP contribution in [0.25, 0.3) is 11.0 Å². The Morgan fingerprint density at radius 3 is 2.50 bits per heavy atom. The summed E-state index contributed by atoms with van der Waals surface area (Å²) < 4.78 is 26.8. The van der Waals surface area contributed by atoms with Gasteiger partial charge in [0.1, 0.15) is 11.5 Å². The second kappa shape index (κ2) is 9.48. The zero-order chi connectivity index (χ0) is 26.3. The van der Waals surface area contributed by atoms with E-state index in [1.807, 2.05) is 0 Å². The number of hydrogen-bond donors (Lipinski definition) is 3. The molecule has 174 valence electrons. The summed E-state index contributed by atoms with van der Waals surface area (Å²) in [5.74, 6) is -3.28. The number of aromatic nitrogens is 4. The summed E-state index contributed by atoms with van der Waals surface area (Å²) in [6.07, 6.45) is 0.908. The Bertz CT molecular complexity index is 1280. The fraction of sp³-hybridized carbons (Fsp3) is 0.429. The topological polar surface area (TPSA) is 105 Å². The number of aromatic amines is 1. The van der Waals surface area contributed by atoms with Crippen molar-refractivity contribution in [3.05, 3.63) is 47.5 Å². The summed E-state index contributed by atoms with van der Waals surface area (Å²) in [5.41, 5.74) is 2.13. The highest BCUT2D eigenvalue weighted by atomic mass is 19.3. The van der Waals surface area contributed by atoms with E-state index in [-0.39, 0.29) is 49.9 Å². The van der Waals surface area contributed by atoms with Crippen molar-refractivity contribution in [1.82, 2.24) is 30.4 Å². The summed E-state index contributed by atoms with van der Waals surface area (Å²) >= 11 is 0. The van der Waals surface area contributed by atoms with Gasteiger partial charge in [-0.3, -0.25) is 14.3 Å². The molecule has 1 saturated carbocycles. The number of hydrogen-bond acceptors (Lipinski definition) is 4. The Labute approximate surface area is 213 Å². The maximum Gasteiger partial charge on any atom is 0.269 e. The SMILES string of the molecule is [B]C([B])([B])C([B])([B])n1nccc1C(=O)NCc1nc2ccc(CNC(=O)CC3CC(F)(F)C3)cc2[nH]1. The fourth-order valence-corrected chi connectivity index (χ4v) is 3.98. The first kappa shape index (κ1) is 26.1. The molecule has 1 aromatic carbocycles. The number of nitrogens with one attached hydrogen (secondary N) is 3. The molecule has 0 bridgehead atoms. The standard InChI is InChI=1S/C21H19B5F2N6O2/c22-20(23,24)21(25,26)34-15(3-4-31-34)18(36)30-10-16-32-13-2-1-11(5-14(13)33-16)9-29-17(35)6-12-7-19(27,28)8-12/h1-5,12H,6-10H2,(H,29,35)(H,30,36)(H,32,33). The zero-order valence-corrected chi connectivity index (χ0v) is 19.3. The minimum absolute atomic E-state index is 0.00881. The quantitative estimate of drug-likeness (QED) is 0.383. The first-order chi connectivity index (χ1) is 16.7. The minimum atomic E-state index is -2.64. The van der Waals surface area contributed by atoms with Crippen LogP contribution in [0.4, 0.5) is 8.78 Å². The normalized spacial score (nSPS) is 15.9. The van der Waals surface area contributed by atoms with Gasteiger partial charge >= 0.3 is 0 Å². The highest BCUT2D eigenvalue weighted by molar-refractivity contribution is 6.66. The number of carbonyl (C=O) groups is 2. The summed E-state index contributed by atoms with van der Waals surface area (Å²) in [7, 11) is 28.7. The number of carbonyl (C=O) groups excluding carboxylic acids is 2. The third-order valence-electron chi connectivity index (χ3n) is 6.07. The van der Waals surface area contributed by atoms with Gasteiger partial charge in [0.2, 0.25) is 11.8 Å². The molecule has 2 amide bonds. The van der Waals surface area contributed by atoms with Gasteiger partial charge in [-0.05, 0) is 35.0 Å². The minimum Gasteiger partial charge on any atom is -0.352 e. The molecule has 0 aliphatic heterocycles. The van der Waals surface area contributed by atoms with E-state index >= 15 is 0 Å². The summed E-state index contributed by atoms with van der Waals surface area (Å²) in [6, 6.07) is 6.75. The maximum absolute atomic E-state index is 12.9. The predicted octanol–water partition coefficient (Wildman–Crippen LogP) is 0.268. The molecule has 0 atom stereocenters. The largest absolute Gasteiger partial charge is 0.352 e. The fourth-order valence-electron chi connectivity index (χ4n) is 3.98. The number of benzene rings is 1. The summed E-state index contributed by atoms with van der Waals surface area (Å²) in [4.78, 5) is 32.3. The third-order valence-corrected chi connectivity index (χ3v) is 6.07. The maximum atomic E-state index is 12.9. The molecule has 3 aromatic rings. The predicted molar refractivity (Wildman–Crippen MR) is 133 cm³/mol. The smallest absolute Gasteiger partial charge is 0.269 e. The van der Waals surface area contributed by atoms with Gasteiger partial charge in [0, 0.05) is 32.0 Å². The molecule has 0 unspecified atom stereocenters. The van der Waals surface area contributed by atoms with Gasteiger partial charge in [0.05, 0.1) is 56.8 Å². The Morgan fingerprint density at radius 1 is 1.11 bits per heavy atom. The lowest BCUT2D eigenvalue weighted by Crippen LogP contribution is -2.50. The van der Waals surface area contributed by atoms with Crippen molar-refractivity contribution >= 4 is 62.1 Å². The van der Waals surface area contributed by atoms with Crippen molar-refractivity contribution in [3.63, 3.8) is 0 Å². The zero-order valence-electron chi connectivity index (χ0n) is 19.3. The number of alkyl halides is 2. The van der Waals surface area contributed by atoms with Crippen LogP contribution in [0.2, 0.25) is 5.11 Å². The third kappa shape index (κ3) is 5.54. The number of nitrogens with zero attached hydrogens (tertiary/aromatic N) is 3. The molecule has 0 saturated heterocycles.